The van der Waals surface area contributed by atoms with E-state index in [4.69, 9.17) is 23.2 Å². The SMILES string of the molecule is O=[N+]([O-])c1cc(CCl)cc(CCl)c1. The van der Waals surface area contributed by atoms with Gasteiger partial charge < -0.3 is 0 Å². The molecule has 13 heavy (non-hydrogen) atoms. The van der Waals surface area contributed by atoms with Gasteiger partial charge in [-0.1, -0.05) is 6.07 Å². The van der Waals surface area contributed by atoms with Gasteiger partial charge in [0.05, 0.1) is 4.92 Å². The van der Waals surface area contributed by atoms with Gasteiger partial charge >= 0.3 is 0 Å². The van der Waals surface area contributed by atoms with E-state index in [1.54, 1.807) is 6.07 Å². The number of nitrogens with zero attached hydrogens (tertiary/aromatic N) is 1. The smallest absolute Gasteiger partial charge is 0.258 e. The molecule has 0 heterocycles. The number of rotatable bonds is 3. The third-order valence-corrected chi connectivity index (χ3v) is 2.17. The summed E-state index contributed by atoms with van der Waals surface area (Å²) >= 11 is 11.1. The van der Waals surface area contributed by atoms with E-state index in [1.165, 1.54) is 12.1 Å². The summed E-state index contributed by atoms with van der Waals surface area (Å²) in [5.41, 5.74) is 1.46. The standard InChI is InChI=1S/C8H7Cl2NO2/c9-4-6-1-7(5-10)3-8(2-6)11(12)13/h1-3H,4-5H2. The summed E-state index contributed by atoms with van der Waals surface area (Å²) in [6.07, 6.45) is 0. The second kappa shape index (κ2) is 4.44. The molecule has 0 aromatic heterocycles. The lowest BCUT2D eigenvalue weighted by Crippen LogP contribution is -1.92. The molecule has 0 aliphatic heterocycles. The molecular weight excluding hydrogens is 213 g/mol. The maximum absolute atomic E-state index is 10.5. The highest BCUT2D eigenvalue weighted by Crippen LogP contribution is 2.19. The van der Waals surface area contributed by atoms with Crippen LogP contribution >= 0.6 is 23.2 Å². The van der Waals surface area contributed by atoms with Gasteiger partial charge in [0.15, 0.2) is 0 Å². The lowest BCUT2D eigenvalue weighted by atomic mass is 10.1. The summed E-state index contributed by atoms with van der Waals surface area (Å²) in [5, 5.41) is 10.5. The Morgan fingerprint density at radius 3 is 1.92 bits per heavy atom. The van der Waals surface area contributed by atoms with Crippen molar-refractivity contribution in [2.45, 2.75) is 11.8 Å². The van der Waals surface area contributed by atoms with E-state index in [1.807, 2.05) is 0 Å². The van der Waals surface area contributed by atoms with Crippen LogP contribution in [0.5, 0.6) is 0 Å². The molecule has 1 rings (SSSR count). The van der Waals surface area contributed by atoms with E-state index in [2.05, 4.69) is 0 Å². The fourth-order valence-corrected chi connectivity index (χ4v) is 1.31. The van der Waals surface area contributed by atoms with Crippen LogP contribution in [0.2, 0.25) is 0 Å². The number of halogens is 2. The summed E-state index contributed by atoms with van der Waals surface area (Å²) in [5.74, 6) is 0.511. The Labute approximate surface area is 85.4 Å². The molecule has 0 saturated heterocycles. The van der Waals surface area contributed by atoms with Crippen LogP contribution in [0, 0.1) is 10.1 Å². The van der Waals surface area contributed by atoms with Crippen LogP contribution in [-0.4, -0.2) is 4.92 Å². The van der Waals surface area contributed by atoms with Crippen LogP contribution in [0.15, 0.2) is 18.2 Å². The lowest BCUT2D eigenvalue weighted by Gasteiger charge is -1.99. The summed E-state index contributed by atoms with van der Waals surface area (Å²) < 4.78 is 0. The molecule has 0 amide bonds. The molecule has 0 atom stereocenters. The van der Waals surface area contributed by atoms with Crippen molar-refractivity contribution < 1.29 is 4.92 Å². The van der Waals surface area contributed by atoms with Gasteiger partial charge in [-0.3, -0.25) is 10.1 Å². The highest BCUT2D eigenvalue weighted by Gasteiger charge is 2.08. The van der Waals surface area contributed by atoms with E-state index in [0.29, 0.717) is 11.1 Å². The van der Waals surface area contributed by atoms with Gasteiger partial charge in [-0.05, 0) is 11.1 Å². The van der Waals surface area contributed by atoms with Crippen molar-refractivity contribution in [2.24, 2.45) is 0 Å². The molecule has 0 aliphatic carbocycles. The minimum Gasteiger partial charge on any atom is -0.258 e. The van der Waals surface area contributed by atoms with Crippen molar-refractivity contribution in [1.29, 1.82) is 0 Å². The van der Waals surface area contributed by atoms with Crippen LogP contribution in [0.4, 0.5) is 5.69 Å². The van der Waals surface area contributed by atoms with Crippen molar-refractivity contribution in [3.63, 3.8) is 0 Å². The number of nitro groups is 1. The van der Waals surface area contributed by atoms with Crippen LogP contribution in [0.25, 0.3) is 0 Å². The third kappa shape index (κ3) is 2.57. The highest BCUT2D eigenvalue weighted by molar-refractivity contribution is 6.17. The highest BCUT2D eigenvalue weighted by atomic mass is 35.5. The first-order chi connectivity index (χ1) is 6.17. The topological polar surface area (TPSA) is 43.1 Å². The molecule has 0 radical (unpaired) electrons. The first-order valence-corrected chi connectivity index (χ1v) is 4.63. The maximum Gasteiger partial charge on any atom is 0.270 e. The first kappa shape index (κ1) is 10.3. The van der Waals surface area contributed by atoms with Crippen molar-refractivity contribution in [2.75, 3.05) is 0 Å². The maximum atomic E-state index is 10.5. The van der Waals surface area contributed by atoms with Crippen molar-refractivity contribution >= 4 is 28.9 Å². The van der Waals surface area contributed by atoms with Crippen molar-refractivity contribution in [3.05, 3.63) is 39.4 Å². The quantitative estimate of drug-likeness (QED) is 0.446. The van der Waals surface area contributed by atoms with Crippen molar-refractivity contribution in [1.82, 2.24) is 0 Å². The molecule has 5 heteroatoms. The largest absolute Gasteiger partial charge is 0.270 e. The summed E-state index contributed by atoms with van der Waals surface area (Å²) in [7, 11) is 0. The second-order valence-corrected chi connectivity index (χ2v) is 3.07. The third-order valence-electron chi connectivity index (χ3n) is 1.56. The van der Waals surface area contributed by atoms with E-state index in [0.717, 1.165) is 0 Å². The van der Waals surface area contributed by atoms with E-state index in [-0.39, 0.29) is 17.4 Å². The average Bonchev–Trinajstić information content (AvgIpc) is 2.16. The average molecular weight is 220 g/mol. The summed E-state index contributed by atoms with van der Waals surface area (Å²) in [6, 6.07) is 4.65. The Morgan fingerprint density at radius 1 is 1.15 bits per heavy atom. The van der Waals surface area contributed by atoms with Crippen LogP contribution in [-0.2, 0) is 11.8 Å². The number of non-ortho nitro benzene ring substituents is 1. The van der Waals surface area contributed by atoms with E-state index >= 15 is 0 Å². The van der Waals surface area contributed by atoms with Gasteiger partial charge in [0.1, 0.15) is 0 Å². The van der Waals surface area contributed by atoms with Gasteiger partial charge in [-0.15, -0.1) is 23.2 Å². The molecule has 1 aromatic rings. The number of hydrogen-bond acceptors (Lipinski definition) is 2. The van der Waals surface area contributed by atoms with Gasteiger partial charge in [-0.25, -0.2) is 0 Å². The van der Waals surface area contributed by atoms with Gasteiger partial charge in [0.2, 0.25) is 0 Å². The number of hydrogen-bond donors (Lipinski definition) is 0. The second-order valence-electron chi connectivity index (χ2n) is 2.53. The zero-order valence-corrected chi connectivity index (χ0v) is 8.18. The Bertz CT molecular complexity index is 306. The molecular formula is C8H7Cl2NO2. The number of nitro benzene ring substituents is 1. The first-order valence-electron chi connectivity index (χ1n) is 3.56. The Hall–Kier alpha value is -0.800. The Kier molecular flexibility index (Phi) is 3.51. The zero-order chi connectivity index (χ0) is 9.84. The normalized spacial score (nSPS) is 10.0. The van der Waals surface area contributed by atoms with Gasteiger partial charge in [0, 0.05) is 23.9 Å². The van der Waals surface area contributed by atoms with Crippen LogP contribution in [0.1, 0.15) is 11.1 Å². The predicted molar refractivity (Wildman–Crippen MR) is 52.2 cm³/mol. The molecule has 1 aromatic carbocycles. The summed E-state index contributed by atoms with van der Waals surface area (Å²) in [6.45, 7) is 0. The number of alkyl halides is 2. The van der Waals surface area contributed by atoms with Crippen molar-refractivity contribution in [3.8, 4) is 0 Å². The molecule has 0 aliphatic rings. The molecule has 0 unspecified atom stereocenters. The molecule has 70 valence electrons. The molecule has 0 bridgehead atoms. The monoisotopic (exact) mass is 219 g/mol. The molecule has 0 saturated carbocycles. The fraction of sp³-hybridized carbons (Fsp3) is 0.250. The zero-order valence-electron chi connectivity index (χ0n) is 6.67. The van der Waals surface area contributed by atoms with Gasteiger partial charge in [0.25, 0.3) is 5.69 Å². The van der Waals surface area contributed by atoms with Gasteiger partial charge in [-0.2, -0.15) is 0 Å². The lowest BCUT2D eigenvalue weighted by molar-refractivity contribution is -0.385. The Morgan fingerprint density at radius 2 is 1.62 bits per heavy atom. The van der Waals surface area contributed by atoms with E-state index in [9.17, 15) is 10.1 Å². The van der Waals surface area contributed by atoms with E-state index < -0.39 is 4.92 Å². The summed E-state index contributed by atoms with van der Waals surface area (Å²) in [4.78, 5) is 10.0. The predicted octanol–water partition coefficient (Wildman–Crippen LogP) is 3.07. The fourth-order valence-electron chi connectivity index (χ4n) is 1.00. The Balaban J connectivity index is 3.14. The minimum atomic E-state index is -0.452. The van der Waals surface area contributed by atoms with Crippen LogP contribution in [0.3, 0.4) is 0 Å². The molecule has 0 spiro atoms. The van der Waals surface area contributed by atoms with Crippen LogP contribution < -0.4 is 0 Å². The molecule has 0 N–H and O–H groups in total. The minimum absolute atomic E-state index is 0.0359. The molecule has 0 fully saturated rings. The number of benzene rings is 1. The molecule has 3 nitrogen and oxygen atoms in total.